The molecule has 1 aliphatic carbocycles. The van der Waals surface area contributed by atoms with Crippen LogP contribution in [0.3, 0.4) is 0 Å². The molecule has 0 atom stereocenters. The minimum absolute atomic E-state index is 0.102. The van der Waals surface area contributed by atoms with Crippen LogP contribution in [0.25, 0.3) is 0 Å². The smallest absolute Gasteiger partial charge is 0.338 e. The number of ether oxygens (including phenoxy) is 2. The molecule has 2 rings (SSSR count). The fourth-order valence-electron chi connectivity index (χ4n) is 3.20. The molecule has 0 unspecified atom stereocenters. The first-order chi connectivity index (χ1) is 10.7. The molecule has 120 valence electrons. The lowest BCUT2D eigenvalue weighted by Crippen LogP contribution is -2.17. The molecule has 0 heterocycles. The zero-order chi connectivity index (χ0) is 15.9. The molecule has 0 spiro atoms. The number of hydrogen-bond acceptors (Lipinski definition) is 4. The highest BCUT2D eigenvalue weighted by atomic mass is 16.5. The molecular formula is C18H24O4. The third-order valence-corrected chi connectivity index (χ3v) is 4.27. The molecule has 4 nitrogen and oxygen atoms in total. The molecule has 4 heteroatoms. The highest BCUT2D eigenvalue weighted by molar-refractivity contribution is 5.94. The van der Waals surface area contributed by atoms with Crippen molar-refractivity contribution in [1.29, 1.82) is 0 Å². The second-order valence-electron chi connectivity index (χ2n) is 5.69. The van der Waals surface area contributed by atoms with E-state index in [9.17, 15) is 9.59 Å². The van der Waals surface area contributed by atoms with Crippen LogP contribution in [0.15, 0.2) is 18.2 Å². The number of hydrogen-bond donors (Lipinski definition) is 0. The molecule has 1 saturated carbocycles. The van der Waals surface area contributed by atoms with Crippen LogP contribution >= 0.6 is 0 Å². The van der Waals surface area contributed by atoms with E-state index in [4.69, 9.17) is 9.47 Å². The van der Waals surface area contributed by atoms with Gasteiger partial charge in [-0.2, -0.15) is 0 Å². The summed E-state index contributed by atoms with van der Waals surface area (Å²) in [6, 6.07) is 5.74. The first-order valence-corrected chi connectivity index (χ1v) is 8.03. The number of methoxy groups -OCH3 is 1. The molecule has 0 saturated heterocycles. The van der Waals surface area contributed by atoms with Crippen molar-refractivity contribution < 1.29 is 19.1 Å². The van der Waals surface area contributed by atoms with Crippen molar-refractivity contribution in [1.82, 2.24) is 0 Å². The third kappa shape index (κ3) is 3.87. The number of carbonyl (C=O) groups is 2. The van der Waals surface area contributed by atoms with Gasteiger partial charge in [0.25, 0.3) is 0 Å². The predicted octanol–water partition coefficient (Wildman–Crippen LogP) is 3.63. The summed E-state index contributed by atoms with van der Waals surface area (Å²) < 4.78 is 9.97. The number of esters is 2. The van der Waals surface area contributed by atoms with Crippen LogP contribution in [0.1, 0.15) is 66.4 Å². The zero-order valence-electron chi connectivity index (χ0n) is 13.4. The molecule has 0 aromatic heterocycles. The van der Waals surface area contributed by atoms with Crippen LogP contribution in [-0.2, 0) is 20.7 Å². The molecule has 0 radical (unpaired) electrons. The van der Waals surface area contributed by atoms with Gasteiger partial charge in [0.1, 0.15) is 0 Å². The summed E-state index contributed by atoms with van der Waals surface area (Å²) in [6.07, 6.45) is 5.92. The van der Waals surface area contributed by atoms with E-state index in [0.29, 0.717) is 23.7 Å². The normalized spacial score (nSPS) is 15.4. The maximum Gasteiger partial charge on any atom is 0.338 e. The van der Waals surface area contributed by atoms with E-state index in [1.807, 2.05) is 18.2 Å². The van der Waals surface area contributed by atoms with Gasteiger partial charge in [0.05, 0.1) is 25.7 Å². The molecule has 1 fully saturated rings. The Morgan fingerprint density at radius 3 is 2.55 bits per heavy atom. The molecule has 1 aromatic carbocycles. The Morgan fingerprint density at radius 2 is 1.91 bits per heavy atom. The van der Waals surface area contributed by atoms with Crippen molar-refractivity contribution in [3.8, 4) is 0 Å². The van der Waals surface area contributed by atoms with Crippen LogP contribution in [-0.4, -0.2) is 25.7 Å². The molecular weight excluding hydrogens is 280 g/mol. The second-order valence-corrected chi connectivity index (χ2v) is 5.69. The van der Waals surface area contributed by atoms with Gasteiger partial charge in [0, 0.05) is 0 Å². The summed E-state index contributed by atoms with van der Waals surface area (Å²) >= 11 is 0. The van der Waals surface area contributed by atoms with Crippen molar-refractivity contribution in [3.63, 3.8) is 0 Å². The van der Waals surface area contributed by atoms with Gasteiger partial charge in [-0.25, -0.2) is 4.79 Å². The fourth-order valence-corrected chi connectivity index (χ4v) is 3.20. The summed E-state index contributed by atoms with van der Waals surface area (Å²) in [5, 5.41) is 0. The van der Waals surface area contributed by atoms with E-state index in [-0.39, 0.29) is 18.4 Å². The van der Waals surface area contributed by atoms with Crippen molar-refractivity contribution in [2.24, 2.45) is 0 Å². The van der Waals surface area contributed by atoms with E-state index in [1.54, 1.807) is 6.92 Å². The summed E-state index contributed by atoms with van der Waals surface area (Å²) in [6.45, 7) is 2.12. The summed E-state index contributed by atoms with van der Waals surface area (Å²) in [7, 11) is 1.36. The Hall–Kier alpha value is -1.84. The SMILES string of the molecule is CCOC(=O)c1c(CC(=O)OC)cccc1C1CCCCC1. The molecule has 0 aliphatic heterocycles. The van der Waals surface area contributed by atoms with Crippen molar-refractivity contribution >= 4 is 11.9 Å². The van der Waals surface area contributed by atoms with Gasteiger partial charge < -0.3 is 9.47 Å². The van der Waals surface area contributed by atoms with E-state index in [2.05, 4.69) is 0 Å². The lowest BCUT2D eigenvalue weighted by molar-refractivity contribution is -0.139. The average molecular weight is 304 g/mol. The van der Waals surface area contributed by atoms with Crippen LogP contribution < -0.4 is 0 Å². The zero-order valence-corrected chi connectivity index (χ0v) is 13.4. The second kappa shape index (κ2) is 7.97. The first kappa shape index (κ1) is 16.5. The van der Waals surface area contributed by atoms with Crippen LogP contribution in [0.2, 0.25) is 0 Å². The van der Waals surface area contributed by atoms with Crippen molar-refractivity contribution in [3.05, 3.63) is 34.9 Å². The van der Waals surface area contributed by atoms with Gasteiger partial charge in [-0.15, -0.1) is 0 Å². The Bertz CT molecular complexity index is 530. The van der Waals surface area contributed by atoms with Crippen LogP contribution in [0.4, 0.5) is 0 Å². The van der Waals surface area contributed by atoms with E-state index < -0.39 is 0 Å². The fraction of sp³-hybridized carbons (Fsp3) is 0.556. The highest BCUT2D eigenvalue weighted by Crippen LogP contribution is 2.35. The molecule has 1 aromatic rings. The maximum atomic E-state index is 12.4. The molecule has 0 amide bonds. The van der Waals surface area contributed by atoms with E-state index in [0.717, 1.165) is 18.4 Å². The Morgan fingerprint density at radius 1 is 1.18 bits per heavy atom. The minimum atomic E-state index is -0.341. The standard InChI is InChI=1S/C18H24O4/c1-3-22-18(20)17-14(12-16(19)21-2)10-7-11-15(17)13-8-5-4-6-9-13/h7,10-11,13H,3-6,8-9,12H2,1-2H3. The van der Waals surface area contributed by atoms with Crippen molar-refractivity contribution in [2.75, 3.05) is 13.7 Å². The monoisotopic (exact) mass is 304 g/mol. The lowest BCUT2D eigenvalue weighted by Gasteiger charge is -2.25. The van der Waals surface area contributed by atoms with Gasteiger partial charge in [0.15, 0.2) is 0 Å². The number of carbonyl (C=O) groups excluding carboxylic acids is 2. The number of rotatable bonds is 5. The van der Waals surface area contributed by atoms with Gasteiger partial charge >= 0.3 is 11.9 Å². The minimum Gasteiger partial charge on any atom is -0.469 e. The van der Waals surface area contributed by atoms with Crippen LogP contribution in [0.5, 0.6) is 0 Å². The largest absolute Gasteiger partial charge is 0.469 e. The first-order valence-electron chi connectivity index (χ1n) is 8.03. The van der Waals surface area contributed by atoms with Gasteiger partial charge in [-0.3, -0.25) is 4.79 Å². The third-order valence-electron chi connectivity index (χ3n) is 4.27. The van der Waals surface area contributed by atoms with Crippen LogP contribution in [0, 0.1) is 0 Å². The summed E-state index contributed by atoms with van der Waals surface area (Å²) in [4.78, 5) is 24.1. The quantitative estimate of drug-likeness (QED) is 0.780. The van der Waals surface area contributed by atoms with Gasteiger partial charge in [-0.1, -0.05) is 37.5 Å². The Balaban J connectivity index is 2.40. The summed E-state index contributed by atoms with van der Waals surface area (Å²) in [5.41, 5.74) is 2.30. The predicted molar refractivity (Wildman–Crippen MR) is 83.9 cm³/mol. The van der Waals surface area contributed by atoms with Gasteiger partial charge in [0.2, 0.25) is 0 Å². The Kier molecular flexibility index (Phi) is 5.99. The summed E-state index contributed by atoms with van der Waals surface area (Å²) in [5.74, 6) is -0.292. The van der Waals surface area contributed by atoms with Crippen molar-refractivity contribution in [2.45, 2.75) is 51.4 Å². The van der Waals surface area contributed by atoms with E-state index >= 15 is 0 Å². The lowest BCUT2D eigenvalue weighted by atomic mass is 9.80. The van der Waals surface area contributed by atoms with E-state index in [1.165, 1.54) is 26.4 Å². The average Bonchev–Trinajstić information content (AvgIpc) is 2.55. The molecule has 1 aliphatic rings. The molecule has 22 heavy (non-hydrogen) atoms. The molecule has 0 N–H and O–H groups in total. The topological polar surface area (TPSA) is 52.6 Å². The Labute approximate surface area is 131 Å². The van der Waals surface area contributed by atoms with Gasteiger partial charge in [-0.05, 0) is 36.8 Å². The maximum absolute atomic E-state index is 12.4. The molecule has 0 bridgehead atoms. The highest BCUT2D eigenvalue weighted by Gasteiger charge is 2.25. The number of benzene rings is 1.